The summed E-state index contributed by atoms with van der Waals surface area (Å²) >= 11 is 0. The van der Waals surface area contributed by atoms with Crippen LogP contribution in [0.3, 0.4) is 0 Å². The monoisotopic (exact) mass is 400 g/mol. The molecule has 1 aromatic heterocycles. The Balaban J connectivity index is 2.54. The summed E-state index contributed by atoms with van der Waals surface area (Å²) in [5.74, 6) is 1.64. The minimum absolute atomic E-state index is 0.0351. The lowest BCUT2D eigenvalue weighted by atomic mass is 9.97. The van der Waals surface area contributed by atoms with Crippen LogP contribution < -0.4 is 15.0 Å². The van der Waals surface area contributed by atoms with Crippen molar-refractivity contribution >= 4 is 0 Å². The number of hydrogen-bond donors (Lipinski definition) is 0. The predicted octanol–water partition coefficient (Wildman–Crippen LogP) is 4.70. The van der Waals surface area contributed by atoms with Gasteiger partial charge in [-0.25, -0.2) is 0 Å². The highest BCUT2D eigenvalue weighted by molar-refractivity contribution is 5.72. The molecule has 0 bridgehead atoms. The van der Waals surface area contributed by atoms with Gasteiger partial charge >= 0.3 is 0 Å². The molecule has 0 saturated carbocycles. The molecule has 1 heterocycles. The topological polar surface area (TPSA) is 43.7 Å². The molecule has 5 nitrogen and oxygen atoms in total. The number of nitrogens with zero attached hydrogens (tertiary/aromatic N) is 2. The number of pyridine rings is 1. The second-order valence-corrected chi connectivity index (χ2v) is 7.70. The molecule has 0 radical (unpaired) electrons. The van der Waals surface area contributed by atoms with Crippen LogP contribution in [0.4, 0.5) is 0 Å². The van der Waals surface area contributed by atoms with Crippen LogP contribution in [0.25, 0.3) is 11.1 Å². The Hall–Kier alpha value is -2.27. The average Bonchev–Trinajstić information content (AvgIpc) is 2.73. The Labute approximate surface area is 175 Å². The molecule has 5 heteroatoms. The number of unbranched alkanes of at least 4 members (excludes halogenated alkanes) is 1. The summed E-state index contributed by atoms with van der Waals surface area (Å²) in [5, 5.41) is 0. The van der Waals surface area contributed by atoms with Crippen molar-refractivity contribution in [2.45, 2.75) is 53.5 Å². The average molecular weight is 401 g/mol. The van der Waals surface area contributed by atoms with Gasteiger partial charge < -0.3 is 14.0 Å². The van der Waals surface area contributed by atoms with Gasteiger partial charge in [0, 0.05) is 30.9 Å². The fourth-order valence-electron chi connectivity index (χ4n) is 3.75. The van der Waals surface area contributed by atoms with E-state index in [1.165, 1.54) is 12.8 Å². The second kappa shape index (κ2) is 10.5. The molecule has 1 aromatic carbocycles. The van der Waals surface area contributed by atoms with Gasteiger partial charge in [0.25, 0.3) is 5.56 Å². The predicted molar refractivity (Wildman–Crippen MR) is 120 cm³/mol. The molecule has 0 N–H and O–H groups in total. The Kier molecular flexibility index (Phi) is 8.32. The van der Waals surface area contributed by atoms with E-state index in [9.17, 15) is 4.79 Å². The van der Waals surface area contributed by atoms with Gasteiger partial charge in [-0.15, -0.1) is 0 Å². The van der Waals surface area contributed by atoms with E-state index in [1.54, 1.807) is 25.8 Å². The Morgan fingerprint density at radius 1 is 0.966 bits per heavy atom. The van der Waals surface area contributed by atoms with Gasteiger partial charge in [0.1, 0.15) is 11.5 Å². The summed E-state index contributed by atoms with van der Waals surface area (Å²) < 4.78 is 13.2. The summed E-state index contributed by atoms with van der Waals surface area (Å²) in [4.78, 5) is 14.7. The third-order valence-electron chi connectivity index (χ3n) is 5.60. The number of hydrogen-bond acceptors (Lipinski definition) is 4. The zero-order valence-electron chi connectivity index (χ0n) is 19.1. The molecule has 2 aromatic rings. The highest BCUT2D eigenvalue weighted by Gasteiger charge is 2.18. The maximum Gasteiger partial charge on any atom is 0.253 e. The first-order valence-electron chi connectivity index (χ1n) is 10.5. The first-order chi connectivity index (χ1) is 13.9. The Bertz CT molecular complexity index is 861. The number of ether oxygens (including phenoxy) is 2. The lowest BCUT2D eigenvalue weighted by molar-refractivity contribution is 0.252. The highest BCUT2D eigenvalue weighted by Crippen LogP contribution is 2.37. The van der Waals surface area contributed by atoms with E-state index >= 15 is 0 Å². The first-order valence-corrected chi connectivity index (χ1v) is 10.5. The van der Waals surface area contributed by atoms with Crippen molar-refractivity contribution in [3.05, 3.63) is 45.4 Å². The van der Waals surface area contributed by atoms with E-state index in [2.05, 4.69) is 30.9 Å². The number of aromatic nitrogens is 1. The summed E-state index contributed by atoms with van der Waals surface area (Å²) in [6.45, 7) is 11.2. The van der Waals surface area contributed by atoms with Crippen LogP contribution in [0.5, 0.6) is 11.5 Å². The number of benzene rings is 1. The molecule has 160 valence electrons. The van der Waals surface area contributed by atoms with Crippen LogP contribution in [-0.4, -0.2) is 36.8 Å². The van der Waals surface area contributed by atoms with Crippen molar-refractivity contribution in [3.8, 4) is 22.6 Å². The molecule has 0 unspecified atom stereocenters. The highest BCUT2D eigenvalue weighted by atomic mass is 16.5. The van der Waals surface area contributed by atoms with Crippen LogP contribution in [0.2, 0.25) is 0 Å². The number of rotatable bonds is 10. The largest absolute Gasteiger partial charge is 0.496 e. The maximum atomic E-state index is 12.3. The van der Waals surface area contributed by atoms with Crippen molar-refractivity contribution in [1.29, 1.82) is 0 Å². The fraction of sp³-hybridized carbons (Fsp3) is 0.542. The van der Waals surface area contributed by atoms with Crippen molar-refractivity contribution in [2.24, 2.45) is 7.05 Å². The van der Waals surface area contributed by atoms with Crippen LogP contribution in [0.1, 0.15) is 49.8 Å². The third-order valence-corrected chi connectivity index (χ3v) is 5.60. The Morgan fingerprint density at radius 2 is 1.59 bits per heavy atom. The van der Waals surface area contributed by atoms with Crippen molar-refractivity contribution < 1.29 is 9.47 Å². The van der Waals surface area contributed by atoms with Gasteiger partial charge in [-0.1, -0.05) is 20.3 Å². The molecule has 0 saturated heterocycles. The molecular weight excluding hydrogens is 364 g/mol. The SMILES string of the molecule is CCCCN(CCC)Cc1c(OC)cc(-c2cn(C)c(=O)c(C)c2C)cc1OC. The van der Waals surface area contributed by atoms with E-state index in [-0.39, 0.29) is 5.56 Å². The van der Waals surface area contributed by atoms with E-state index in [0.717, 1.165) is 65.4 Å². The smallest absolute Gasteiger partial charge is 0.253 e. The van der Waals surface area contributed by atoms with Crippen molar-refractivity contribution in [3.63, 3.8) is 0 Å². The van der Waals surface area contributed by atoms with E-state index in [4.69, 9.17) is 9.47 Å². The van der Waals surface area contributed by atoms with Crippen LogP contribution in [-0.2, 0) is 13.6 Å². The van der Waals surface area contributed by atoms with Gasteiger partial charge in [0.2, 0.25) is 0 Å². The van der Waals surface area contributed by atoms with Gasteiger partial charge in [-0.05, 0) is 63.0 Å². The van der Waals surface area contributed by atoms with Crippen LogP contribution in [0.15, 0.2) is 23.1 Å². The lowest BCUT2D eigenvalue weighted by Gasteiger charge is -2.24. The summed E-state index contributed by atoms with van der Waals surface area (Å²) in [7, 11) is 5.20. The molecule has 0 spiro atoms. The lowest BCUT2D eigenvalue weighted by Crippen LogP contribution is -2.25. The van der Waals surface area contributed by atoms with E-state index < -0.39 is 0 Å². The number of aryl methyl sites for hydroxylation is 1. The maximum absolute atomic E-state index is 12.3. The van der Waals surface area contributed by atoms with Gasteiger partial charge in [0.05, 0.1) is 19.8 Å². The zero-order chi connectivity index (χ0) is 21.6. The second-order valence-electron chi connectivity index (χ2n) is 7.70. The molecule has 0 aliphatic heterocycles. The Morgan fingerprint density at radius 3 is 2.10 bits per heavy atom. The molecule has 0 aliphatic rings. The molecule has 29 heavy (non-hydrogen) atoms. The normalized spacial score (nSPS) is 11.2. The molecule has 0 aliphatic carbocycles. The molecule has 2 rings (SSSR count). The van der Waals surface area contributed by atoms with Crippen molar-refractivity contribution in [1.82, 2.24) is 9.47 Å². The summed E-state index contributed by atoms with van der Waals surface area (Å²) in [6.07, 6.45) is 5.37. The quantitative estimate of drug-likeness (QED) is 0.580. The van der Waals surface area contributed by atoms with E-state index in [1.807, 2.05) is 20.0 Å². The van der Waals surface area contributed by atoms with E-state index in [0.29, 0.717) is 0 Å². The first kappa shape index (κ1) is 23.0. The summed E-state index contributed by atoms with van der Waals surface area (Å²) in [5.41, 5.74) is 4.87. The van der Waals surface area contributed by atoms with Gasteiger partial charge in [-0.3, -0.25) is 9.69 Å². The van der Waals surface area contributed by atoms with Gasteiger partial charge in [-0.2, -0.15) is 0 Å². The molecule has 0 fully saturated rings. The molecular formula is C24H36N2O3. The summed E-state index contributed by atoms with van der Waals surface area (Å²) in [6, 6.07) is 4.13. The minimum atomic E-state index is 0.0351. The standard InChI is InChI=1S/C24H36N2O3/c1-8-10-12-26(11-9-2)16-21-22(28-6)13-19(14-23(21)29-7)20-15-25(5)24(27)18(4)17(20)3/h13-15H,8-12,16H2,1-7H3. The third kappa shape index (κ3) is 5.21. The number of methoxy groups -OCH3 is 2. The van der Waals surface area contributed by atoms with Crippen LogP contribution >= 0.6 is 0 Å². The fourth-order valence-corrected chi connectivity index (χ4v) is 3.75. The molecule has 0 atom stereocenters. The molecule has 0 amide bonds. The van der Waals surface area contributed by atoms with Crippen LogP contribution in [0, 0.1) is 13.8 Å². The zero-order valence-corrected chi connectivity index (χ0v) is 19.1. The van der Waals surface area contributed by atoms with Crippen molar-refractivity contribution in [2.75, 3.05) is 27.3 Å². The van der Waals surface area contributed by atoms with Gasteiger partial charge in [0.15, 0.2) is 0 Å². The minimum Gasteiger partial charge on any atom is -0.496 e.